The van der Waals surface area contributed by atoms with Gasteiger partial charge in [-0.05, 0) is 25.8 Å². The molecule has 2 atom stereocenters. The van der Waals surface area contributed by atoms with Crippen LogP contribution < -0.4 is 5.32 Å². The summed E-state index contributed by atoms with van der Waals surface area (Å²) in [5.41, 5.74) is 0. The van der Waals surface area contributed by atoms with Gasteiger partial charge in [0.15, 0.2) is 0 Å². The summed E-state index contributed by atoms with van der Waals surface area (Å²) in [6.07, 6.45) is 5.58. The molecule has 4 nitrogen and oxygen atoms in total. The molecule has 2 aliphatic heterocycles. The molecule has 1 aromatic heterocycles. The third-order valence-electron chi connectivity index (χ3n) is 3.28. The van der Waals surface area contributed by atoms with Crippen molar-refractivity contribution in [3.63, 3.8) is 0 Å². The van der Waals surface area contributed by atoms with Gasteiger partial charge in [-0.2, -0.15) is 4.37 Å². The van der Waals surface area contributed by atoms with Gasteiger partial charge in [-0.3, -0.25) is 4.90 Å². The van der Waals surface area contributed by atoms with Gasteiger partial charge in [-0.25, -0.2) is 4.98 Å². The third kappa shape index (κ3) is 1.40. The fourth-order valence-corrected chi connectivity index (χ4v) is 3.14. The van der Waals surface area contributed by atoms with Gasteiger partial charge in [-0.1, -0.05) is 0 Å². The average Bonchev–Trinajstić information content (AvgIpc) is 2.85. The van der Waals surface area contributed by atoms with Gasteiger partial charge in [0.2, 0.25) is 5.13 Å². The highest BCUT2D eigenvalue weighted by Crippen LogP contribution is 2.30. The van der Waals surface area contributed by atoms with E-state index in [1.165, 1.54) is 43.9 Å². The molecule has 3 rings (SSSR count). The number of anilines is 1. The maximum absolute atomic E-state index is 4.17. The topological polar surface area (TPSA) is 41.1 Å². The maximum Gasteiger partial charge on any atom is 0.202 e. The first-order valence-electron chi connectivity index (χ1n) is 5.21. The first-order chi connectivity index (χ1) is 6.93. The Morgan fingerprint density at radius 1 is 1.43 bits per heavy atom. The fraction of sp³-hybridized carbons (Fsp3) is 0.778. The summed E-state index contributed by atoms with van der Waals surface area (Å²) < 4.78 is 4.00. The van der Waals surface area contributed by atoms with E-state index in [0.717, 1.165) is 11.2 Å². The number of nitrogens with zero attached hydrogens (tertiary/aromatic N) is 3. The molecule has 1 N–H and O–H groups in total. The average molecular weight is 210 g/mol. The van der Waals surface area contributed by atoms with Crippen molar-refractivity contribution < 1.29 is 0 Å². The lowest BCUT2D eigenvalue weighted by Crippen LogP contribution is -2.33. The molecule has 2 saturated heterocycles. The Balaban J connectivity index is 1.68. The fourth-order valence-electron chi connectivity index (χ4n) is 2.65. The lowest BCUT2D eigenvalue weighted by atomic mass is 10.1. The van der Waals surface area contributed by atoms with Crippen molar-refractivity contribution in [3.05, 3.63) is 6.33 Å². The molecule has 14 heavy (non-hydrogen) atoms. The molecule has 2 fully saturated rings. The van der Waals surface area contributed by atoms with Gasteiger partial charge >= 0.3 is 0 Å². The monoisotopic (exact) mass is 210 g/mol. The Hall–Kier alpha value is -0.680. The maximum atomic E-state index is 4.17. The van der Waals surface area contributed by atoms with Crippen molar-refractivity contribution in [2.75, 3.05) is 18.4 Å². The van der Waals surface area contributed by atoms with Crippen LogP contribution in [0.1, 0.15) is 19.3 Å². The van der Waals surface area contributed by atoms with Crippen molar-refractivity contribution in [3.8, 4) is 0 Å². The molecular formula is C9H14N4S. The van der Waals surface area contributed by atoms with Gasteiger partial charge in [0.1, 0.15) is 6.33 Å². The molecule has 0 saturated carbocycles. The van der Waals surface area contributed by atoms with E-state index in [1.807, 2.05) is 0 Å². The van der Waals surface area contributed by atoms with Crippen molar-refractivity contribution >= 4 is 16.7 Å². The standard InChI is InChI=1S/C9H14N4S/c1-2-8-7(3-5-13(8)4-1)12-9-10-6-11-14-9/h6-8H,1-5H2,(H,10,11,12). The van der Waals surface area contributed by atoms with Crippen LogP contribution >= 0.6 is 11.5 Å². The highest BCUT2D eigenvalue weighted by Gasteiger charge is 2.37. The van der Waals surface area contributed by atoms with Crippen molar-refractivity contribution in [2.45, 2.75) is 31.3 Å². The Kier molecular flexibility index (Phi) is 2.14. The van der Waals surface area contributed by atoms with E-state index in [1.54, 1.807) is 6.33 Å². The molecule has 5 heteroatoms. The molecular weight excluding hydrogens is 196 g/mol. The van der Waals surface area contributed by atoms with Crippen LogP contribution in [0.15, 0.2) is 6.33 Å². The van der Waals surface area contributed by atoms with E-state index in [4.69, 9.17) is 0 Å². The lowest BCUT2D eigenvalue weighted by Gasteiger charge is -2.20. The summed E-state index contributed by atoms with van der Waals surface area (Å²) in [6.45, 7) is 2.54. The second-order valence-electron chi connectivity index (χ2n) is 4.03. The zero-order valence-electron chi connectivity index (χ0n) is 8.02. The van der Waals surface area contributed by atoms with Crippen LogP contribution in [0.2, 0.25) is 0 Å². The van der Waals surface area contributed by atoms with E-state index in [0.29, 0.717) is 6.04 Å². The minimum Gasteiger partial charge on any atom is -0.356 e. The number of rotatable bonds is 2. The van der Waals surface area contributed by atoms with Crippen molar-refractivity contribution in [2.24, 2.45) is 0 Å². The quantitative estimate of drug-likeness (QED) is 0.796. The second kappa shape index (κ2) is 3.47. The van der Waals surface area contributed by atoms with Crippen LogP contribution in [-0.4, -0.2) is 39.4 Å². The zero-order valence-corrected chi connectivity index (χ0v) is 8.83. The Morgan fingerprint density at radius 2 is 2.43 bits per heavy atom. The largest absolute Gasteiger partial charge is 0.356 e. The first kappa shape index (κ1) is 8.61. The smallest absolute Gasteiger partial charge is 0.202 e. The number of fused-ring (bicyclic) bond motifs is 1. The van der Waals surface area contributed by atoms with E-state index < -0.39 is 0 Å². The van der Waals surface area contributed by atoms with E-state index in [2.05, 4.69) is 19.6 Å². The molecule has 1 aromatic rings. The third-order valence-corrected chi connectivity index (χ3v) is 3.87. The number of hydrogen-bond acceptors (Lipinski definition) is 5. The Bertz CT molecular complexity index is 300. The normalized spacial score (nSPS) is 32.0. The van der Waals surface area contributed by atoms with Crippen LogP contribution in [-0.2, 0) is 0 Å². The number of hydrogen-bond donors (Lipinski definition) is 1. The van der Waals surface area contributed by atoms with Crippen molar-refractivity contribution in [1.82, 2.24) is 14.3 Å². The minimum absolute atomic E-state index is 0.602. The second-order valence-corrected chi connectivity index (χ2v) is 4.81. The van der Waals surface area contributed by atoms with E-state index in [-0.39, 0.29) is 0 Å². The summed E-state index contributed by atoms with van der Waals surface area (Å²) in [5.74, 6) is 0. The molecule has 0 aliphatic carbocycles. The van der Waals surface area contributed by atoms with Crippen LogP contribution in [0.4, 0.5) is 5.13 Å². The van der Waals surface area contributed by atoms with Crippen LogP contribution in [0.5, 0.6) is 0 Å². The lowest BCUT2D eigenvalue weighted by molar-refractivity contribution is 0.318. The summed E-state index contributed by atoms with van der Waals surface area (Å²) in [7, 11) is 0. The molecule has 2 unspecified atom stereocenters. The SMILES string of the molecule is c1nsc(NC2CCN3CCCC23)n1. The van der Waals surface area contributed by atoms with E-state index >= 15 is 0 Å². The van der Waals surface area contributed by atoms with Crippen LogP contribution in [0, 0.1) is 0 Å². The van der Waals surface area contributed by atoms with Gasteiger partial charge in [0.05, 0.1) is 0 Å². The first-order valence-corrected chi connectivity index (χ1v) is 5.98. The number of nitrogens with one attached hydrogen (secondary N) is 1. The molecule has 76 valence electrons. The minimum atomic E-state index is 0.602. The Morgan fingerprint density at radius 3 is 3.29 bits per heavy atom. The van der Waals surface area contributed by atoms with Crippen LogP contribution in [0.25, 0.3) is 0 Å². The highest BCUT2D eigenvalue weighted by molar-refractivity contribution is 7.09. The predicted octanol–water partition coefficient (Wildman–Crippen LogP) is 1.19. The summed E-state index contributed by atoms with van der Waals surface area (Å²) in [4.78, 5) is 6.77. The Labute approximate surface area is 87.5 Å². The van der Waals surface area contributed by atoms with E-state index in [9.17, 15) is 0 Å². The summed E-state index contributed by atoms with van der Waals surface area (Å²) in [6, 6.07) is 1.35. The summed E-state index contributed by atoms with van der Waals surface area (Å²) in [5, 5.41) is 4.47. The number of aromatic nitrogens is 2. The zero-order chi connectivity index (χ0) is 9.38. The molecule has 0 aromatic carbocycles. The van der Waals surface area contributed by atoms with Gasteiger partial charge in [0.25, 0.3) is 0 Å². The molecule has 0 bridgehead atoms. The molecule has 0 spiro atoms. The molecule has 0 amide bonds. The highest BCUT2D eigenvalue weighted by atomic mass is 32.1. The molecule has 0 radical (unpaired) electrons. The summed E-state index contributed by atoms with van der Waals surface area (Å²) >= 11 is 1.45. The van der Waals surface area contributed by atoms with Gasteiger partial charge < -0.3 is 5.32 Å². The molecule has 2 aliphatic rings. The van der Waals surface area contributed by atoms with Crippen LogP contribution in [0.3, 0.4) is 0 Å². The van der Waals surface area contributed by atoms with Gasteiger partial charge in [-0.15, -0.1) is 0 Å². The van der Waals surface area contributed by atoms with Gasteiger partial charge in [0, 0.05) is 30.2 Å². The van der Waals surface area contributed by atoms with Crippen molar-refractivity contribution in [1.29, 1.82) is 0 Å². The predicted molar refractivity (Wildman–Crippen MR) is 56.5 cm³/mol. The molecule has 3 heterocycles.